The molecule has 3 N–H and O–H groups in total. The van der Waals surface area contributed by atoms with Crippen LogP contribution >= 0.6 is 0 Å². The summed E-state index contributed by atoms with van der Waals surface area (Å²) in [6, 6.07) is 6.84. The molecular weight excluding hydrogens is 206 g/mol. The number of hydrogen-bond donors (Lipinski definition) is 2. The lowest BCUT2D eigenvalue weighted by atomic mass is 10.0. The first-order valence-electron chi connectivity index (χ1n) is 5.22. The zero-order valence-electron chi connectivity index (χ0n) is 9.35. The maximum absolute atomic E-state index is 10.9. The molecule has 0 radical (unpaired) electrons. The van der Waals surface area contributed by atoms with Crippen LogP contribution < -0.4 is 5.73 Å². The number of benzene rings is 1. The number of rotatable bonds is 5. The fourth-order valence-electron chi connectivity index (χ4n) is 1.44. The van der Waals surface area contributed by atoms with Crippen LogP contribution in [0, 0.1) is 0 Å². The summed E-state index contributed by atoms with van der Waals surface area (Å²) < 4.78 is 4.54. The van der Waals surface area contributed by atoms with Gasteiger partial charge in [-0.05, 0) is 30.5 Å². The fraction of sp³-hybridized carbons (Fsp3) is 0.417. The molecule has 0 saturated heterocycles. The van der Waals surface area contributed by atoms with Crippen molar-refractivity contribution >= 4 is 5.97 Å². The summed E-state index contributed by atoms with van der Waals surface area (Å²) in [5, 5.41) is 9.11. The van der Waals surface area contributed by atoms with E-state index in [9.17, 15) is 4.79 Å². The molecule has 0 aliphatic heterocycles. The molecule has 0 spiro atoms. The molecule has 0 heterocycles. The van der Waals surface area contributed by atoms with Crippen molar-refractivity contribution in [3.05, 3.63) is 29.8 Å². The zero-order chi connectivity index (χ0) is 12.0. The van der Waals surface area contributed by atoms with Crippen LogP contribution in [0.4, 0.5) is 0 Å². The van der Waals surface area contributed by atoms with Gasteiger partial charge in [0.2, 0.25) is 0 Å². The van der Waals surface area contributed by atoms with Crippen molar-refractivity contribution in [3.8, 4) is 5.75 Å². The number of methoxy groups -OCH3 is 1. The summed E-state index contributed by atoms with van der Waals surface area (Å²) in [5.41, 5.74) is 6.93. The molecular formula is C12H17NO3. The van der Waals surface area contributed by atoms with Crippen molar-refractivity contribution < 1.29 is 14.6 Å². The number of esters is 1. The highest BCUT2D eigenvalue weighted by molar-refractivity contribution is 5.69. The second kappa shape index (κ2) is 6.12. The number of hydrogen-bond acceptors (Lipinski definition) is 4. The Labute approximate surface area is 95.0 Å². The predicted molar refractivity (Wildman–Crippen MR) is 61.0 cm³/mol. The van der Waals surface area contributed by atoms with E-state index in [1.807, 2.05) is 12.1 Å². The number of phenols is 1. The van der Waals surface area contributed by atoms with Crippen molar-refractivity contribution in [3.63, 3.8) is 0 Å². The monoisotopic (exact) mass is 223 g/mol. The average Bonchev–Trinajstić information content (AvgIpc) is 2.29. The molecule has 4 nitrogen and oxygen atoms in total. The quantitative estimate of drug-likeness (QED) is 0.736. The minimum Gasteiger partial charge on any atom is -0.508 e. The predicted octanol–water partition coefficient (Wildman–Crippen LogP) is 1.22. The molecule has 88 valence electrons. The largest absolute Gasteiger partial charge is 0.508 e. The Morgan fingerprint density at radius 3 is 2.62 bits per heavy atom. The molecule has 0 aromatic heterocycles. The molecule has 1 rings (SSSR count). The van der Waals surface area contributed by atoms with Crippen molar-refractivity contribution in [2.24, 2.45) is 5.73 Å². The third-order valence-corrected chi connectivity index (χ3v) is 2.38. The van der Waals surface area contributed by atoms with Gasteiger partial charge in [0.15, 0.2) is 0 Å². The molecule has 4 heteroatoms. The Bertz CT molecular complexity index is 335. The standard InChI is InChI=1S/C12H17NO3/c1-16-12(15)7-4-10(13)8-9-2-5-11(14)6-3-9/h2-3,5-6,10,14H,4,7-8,13H2,1H3. The second-order valence-electron chi connectivity index (χ2n) is 3.75. The van der Waals surface area contributed by atoms with Gasteiger partial charge in [-0.25, -0.2) is 0 Å². The summed E-state index contributed by atoms with van der Waals surface area (Å²) in [7, 11) is 1.37. The van der Waals surface area contributed by atoms with E-state index in [0.717, 1.165) is 5.56 Å². The fourth-order valence-corrected chi connectivity index (χ4v) is 1.44. The highest BCUT2D eigenvalue weighted by Crippen LogP contribution is 2.12. The molecule has 1 aromatic carbocycles. The van der Waals surface area contributed by atoms with Gasteiger partial charge in [-0.1, -0.05) is 12.1 Å². The Balaban J connectivity index is 2.36. The van der Waals surface area contributed by atoms with Gasteiger partial charge in [-0.3, -0.25) is 4.79 Å². The van der Waals surface area contributed by atoms with Crippen LogP contribution in [-0.4, -0.2) is 24.2 Å². The van der Waals surface area contributed by atoms with Gasteiger partial charge in [0.25, 0.3) is 0 Å². The highest BCUT2D eigenvalue weighted by Gasteiger charge is 2.07. The first-order valence-corrected chi connectivity index (χ1v) is 5.22. The van der Waals surface area contributed by atoms with E-state index in [-0.39, 0.29) is 17.8 Å². The van der Waals surface area contributed by atoms with Gasteiger partial charge < -0.3 is 15.6 Å². The summed E-state index contributed by atoms with van der Waals surface area (Å²) in [5.74, 6) is 0.00744. The summed E-state index contributed by atoms with van der Waals surface area (Å²) in [6.07, 6.45) is 1.64. The summed E-state index contributed by atoms with van der Waals surface area (Å²) in [4.78, 5) is 10.9. The number of carbonyl (C=O) groups is 1. The molecule has 0 bridgehead atoms. The molecule has 0 aliphatic carbocycles. The summed E-state index contributed by atoms with van der Waals surface area (Å²) in [6.45, 7) is 0. The van der Waals surface area contributed by atoms with E-state index in [2.05, 4.69) is 4.74 Å². The molecule has 0 fully saturated rings. The number of carbonyl (C=O) groups excluding carboxylic acids is 1. The van der Waals surface area contributed by atoms with Crippen LogP contribution in [0.3, 0.4) is 0 Å². The first-order chi connectivity index (χ1) is 7.61. The van der Waals surface area contributed by atoms with Gasteiger partial charge in [0, 0.05) is 12.5 Å². The van der Waals surface area contributed by atoms with Crippen LogP contribution in [0.5, 0.6) is 5.75 Å². The lowest BCUT2D eigenvalue weighted by Crippen LogP contribution is -2.24. The van der Waals surface area contributed by atoms with Gasteiger partial charge in [-0.15, -0.1) is 0 Å². The first kappa shape index (κ1) is 12.5. The summed E-state index contributed by atoms with van der Waals surface area (Å²) >= 11 is 0. The maximum atomic E-state index is 10.9. The van der Waals surface area contributed by atoms with Gasteiger partial charge in [0.05, 0.1) is 7.11 Å². The van der Waals surface area contributed by atoms with Gasteiger partial charge in [0.1, 0.15) is 5.75 Å². The van der Waals surface area contributed by atoms with Gasteiger partial charge >= 0.3 is 5.97 Å². The van der Waals surface area contributed by atoms with Crippen LogP contribution in [0.25, 0.3) is 0 Å². The minimum absolute atomic E-state index is 0.0661. The van der Waals surface area contributed by atoms with E-state index in [1.165, 1.54) is 7.11 Å². The molecule has 0 aliphatic rings. The molecule has 1 atom stereocenters. The molecule has 1 unspecified atom stereocenters. The number of aromatic hydroxyl groups is 1. The highest BCUT2D eigenvalue weighted by atomic mass is 16.5. The Morgan fingerprint density at radius 1 is 1.44 bits per heavy atom. The van der Waals surface area contributed by atoms with Crippen LogP contribution in [-0.2, 0) is 16.0 Å². The Hall–Kier alpha value is -1.55. The van der Waals surface area contributed by atoms with Gasteiger partial charge in [-0.2, -0.15) is 0 Å². The third kappa shape index (κ3) is 4.31. The molecule has 0 saturated carbocycles. The van der Waals surface area contributed by atoms with Crippen LogP contribution in [0.15, 0.2) is 24.3 Å². The van der Waals surface area contributed by atoms with Crippen molar-refractivity contribution in [2.75, 3.05) is 7.11 Å². The normalized spacial score (nSPS) is 12.1. The van der Waals surface area contributed by atoms with E-state index in [1.54, 1.807) is 12.1 Å². The smallest absolute Gasteiger partial charge is 0.305 e. The van der Waals surface area contributed by atoms with Crippen LogP contribution in [0.1, 0.15) is 18.4 Å². The molecule has 0 amide bonds. The number of phenolic OH excluding ortho intramolecular Hbond substituents is 1. The molecule has 1 aromatic rings. The topological polar surface area (TPSA) is 72.5 Å². The van der Waals surface area contributed by atoms with E-state index < -0.39 is 0 Å². The molecule has 16 heavy (non-hydrogen) atoms. The minimum atomic E-state index is -0.235. The van der Waals surface area contributed by atoms with E-state index >= 15 is 0 Å². The van der Waals surface area contributed by atoms with E-state index in [4.69, 9.17) is 10.8 Å². The van der Waals surface area contributed by atoms with Crippen molar-refractivity contribution in [1.82, 2.24) is 0 Å². The Kier molecular flexibility index (Phi) is 4.79. The van der Waals surface area contributed by atoms with E-state index in [0.29, 0.717) is 19.3 Å². The zero-order valence-corrected chi connectivity index (χ0v) is 9.35. The number of nitrogens with two attached hydrogens (primary N) is 1. The maximum Gasteiger partial charge on any atom is 0.305 e. The lowest BCUT2D eigenvalue weighted by Gasteiger charge is -2.10. The lowest BCUT2D eigenvalue weighted by molar-refractivity contribution is -0.140. The number of ether oxygens (including phenoxy) is 1. The SMILES string of the molecule is COC(=O)CCC(N)Cc1ccc(O)cc1. The Morgan fingerprint density at radius 2 is 2.06 bits per heavy atom. The van der Waals surface area contributed by atoms with Crippen molar-refractivity contribution in [1.29, 1.82) is 0 Å². The van der Waals surface area contributed by atoms with Crippen LogP contribution in [0.2, 0.25) is 0 Å². The second-order valence-corrected chi connectivity index (χ2v) is 3.75. The third-order valence-electron chi connectivity index (χ3n) is 2.38. The van der Waals surface area contributed by atoms with Crippen molar-refractivity contribution in [2.45, 2.75) is 25.3 Å². The average molecular weight is 223 g/mol.